The summed E-state index contributed by atoms with van der Waals surface area (Å²) in [4.78, 5) is 15.4. The fourth-order valence-corrected chi connectivity index (χ4v) is 2.24. The first-order valence-electron chi connectivity index (χ1n) is 6.05. The molecule has 1 aromatic heterocycles. The molecule has 0 atom stereocenters. The molecule has 19 heavy (non-hydrogen) atoms. The van der Waals surface area contributed by atoms with Crippen molar-refractivity contribution in [1.29, 1.82) is 0 Å². The highest BCUT2D eigenvalue weighted by Gasteiger charge is 2.09. The van der Waals surface area contributed by atoms with Crippen molar-refractivity contribution >= 4 is 21.9 Å². The number of aromatic nitrogens is 1. The van der Waals surface area contributed by atoms with Crippen LogP contribution in [0.4, 0.5) is 0 Å². The van der Waals surface area contributed by atoms with Crippen molar-refractivity contribution in [1.82, 2.24) is 4.98 Å². The SMILES string of the molecule is CCc1ccc(Cc2ccc(Br)c(C(=O)O)c2)nc1. The molecule has 3 nitrogen and oxygen atoms in total. The van der Waals surface area contributed by atoms with E-state index in [2.05, 4.69) is 33.9 Å². The molecule has 2 rings (SSSR count). The number of nitrogens with zero attached hydrogens (tertiary/aromatic N) is 1. The van der Waals surface area contributed by atoms with Crippen LogP contribution >= 0.6 is 15.9 Å². The molecule has 1 N–H and O–H groups in total. The number of hydrogen-bond donors (Lipinski definition) is 1. The van der Waals surface area contributed by atoms with Crippen LogP contribution in [0.5, 0.6) is 0 Å². The summed E-state index contributed by atoms with van der Waals surface area (Å²) in [7, 11) is 0. The molecule has 1 heterocycles. The second-order valence-electron chi connectivity index (χ2n) is 4.31. The van der Waals surface area contributed by atoms with Crippen molar-refractivity contribution in [2.45, 2.75) is 19.8 Å². The summed E-state index contributed by atoms with van der Waals surface area (Å²) >= 11 is 3.24. The topological polar surface area (TPSA) is 50.2 Å². The van der Waals surface area contributed by atoms with Crippen LogP contribution in [0.1, 0.15) is 34.1 Å². The Kier molecular flexibility index (Phi) is 4.32. The van der Waals surface area contributed by atoms with Crippen molar-refractivity contribution in [3.8, 4) is 0 Å². The van der Waals surface area contributed by atoms with Crippen LogP contribution in [-0.4, -0.2) is 16.1 Å². The molecule has 0 radical (unpaired) electrons. The molecule has 1 aromatic carbocycles. The zero-order chi connectivity index (χ0) is 13.8. The zero-order valence-electron chi connectivity index (χ0n) is 10.6. The molecule has 4 heteroatoms. The normalized spacial score (nSPS) is 10.4. The van der Waals surface area contributed by atoms with Gasteiger partial charge in [0.15, 0.2) is 0 Å². The van der Waals surface area contributed by atoms with Crippen LogP contribution < -0.4 is 0 Å². The van der Waals surface area contributed by atoms with E-state index in [0.29, 0.717) is 10.9 Å². The van der Waals surface area contributed by atoms with E-state index in [9.17, 15) is 4.79 Å². The number of aryl methyl sites for hydroxylation is 1. The van der Waals surface area contributed by atoms with Gasteiger partial charge < -0.3 is 5.11 Å². The van der Waals surface area contributed by atoms with E-state index in [1.807, 2.05) is 18.3 Å². The van der Waals surface area contributed by atoms with Crippen molar-refractivity contribution in [2.24, 2.45) is 0 Å². The Morgan fingerprint density at radius 3 is 2.58 bits per heavy atom. The predicted octanol–water partition coefficient (Wildman–Crippen LogP) is 3.70. The minimum Gasteiger partial charge on any atom is -0.478 e. The lowest BCUT2D eigenvalue weighted by Gasteiger charge is -2.05. The van der Waals surface area contributed by atoms with Crippen LogP contribution in [0.15, 0.2) is 41.0 Å². The summed E-state index contributed by atoms with van der Waals surface area (Å²) < 4.78 is 0.595. The Labute approximate surface area is 120 Å². The quantitative estimate of drug-likeness (QED) is 0.934. The Bertz CT molecular complexity index is 594. The molecule has 0 aliphatic carbocycles. The smallest absolute Gasteiger partial charge is 0.336 e. The summed E-state index contributed by atoms with van der Waals surface area (Å²) in [6.07, 6.45) is 3.47. The van der Waals surface area contributed by atoms with Crippen LogP contribution in [0.25, 0.3) is 0 Å². The molecule has 0 unspecified atom stereocenters. The maximum absolute atomic E-state index is 11.1. The molecular weight excluding hydrogens is 306 g/mol. The Morgan fingerprint density at radius 2 is 2.00 bits per heavy atom. The third kappa shape index (κ3) is 3.41. The Hall–Kier alpha value is -1.68. The van der Waals surface area contributed by atoms with Gasteiger partial charge in [-0.3, -0.25) is 4.98 Å². The number of carboxylic acid groups (broad SMARTS) is 1. The number of hydrogen-bond acceptors (Lipinski definition) is 2. The first-order valence-corrected chi connectivity index (χ1v) is 6.85. The number of rotatable bonds is 4. The van der Waals surface area contributed by atoms with E-state index in [-0.39, 0.29) is 5.56 Å². The van der Waals surface area contributed by atoms with Crippen LogP contribution in [0, 0.1) is 0 Å². The van der Waals surface area contributed by atoms with Gasteiger partial charge in [0, 0.05) is 22.8 Å². The molecule has 2 aromatic rings. The monoisotopic (exact) mass is 319 g/mol. The van der Waals surface area contributed by atoms with Gasteiger partial charge in [-0.1, -0.05) is 19.1 Å². The lowest BCUT2D eigenvalue weighted by molar-refractivity contribution is 0.0696. The van der Waals surface area contributed by atoms with E-state index in [1.54, 1.807) is 12.1 Å². The molecule has 0 saturated heterocycles. The highest BCUT2D eigenvalue weighted by atomic mass is 79.9. The van der Waals surface area contributed by atoms with Gasteiger partial charge >= 0.3 is 5.97 Å². The number of carboxylic acids is 1. The number of halogens is 1. The van der Waals surface area contributed by atoms with Gasteiger partial charge in [0.25, 0.3) is 0 Å². The van der Waals surface area contributed by atoms with Crippen LogP contribution in [-0.2, 0) is 12.8 Å². The standard InChI is InChI=1S/C15H14BrNO2/c1-2-10-3-5-12(17-9-10)7-11-4-6-14(16)13(8-11)15(18)19/h3-6,8-9H,2,7H2,1H3,(H,18,19). The van der Waals surface area contributed by atoms with Crippen LogP contribution in [0.2, 0.25) is 0 Å². The molecule has 0 amide bonds. The number of carbonyl (C=O) groups is 1. The summed E-state index contributed by atoms with van der Waals surface area (Å²) in [5.74, 6) is -0.928. The van der Waals surface area contributed by atoms with Gasteiger partial charge in [0.2, 0.25) is 0 Å². The van der Waals surface area contributed by atoms with Crippen molar-refractivity contribution in [2.75, 3.05) is 0 Å². The van der Waals surface area contributed by atoms with Crippen molar-refractivity contribution in [3.63, 3.8) is 0 Å². The molecule has 0 aliphatic rings. The average molecular weight is 320 g/mol. The van der Waals surface area contributed by atoms with Gasteiger partial charge in [0.1, 0.15) is 0 Å². The molecule has 0 aliphatic heterocycles. The molecule has 0 fully saturated rings. The molecule has 0 bridgehead atoms. The summed E-state index contributed by atoms with van der Waals surface area (Å²) in [6, 6.07) is 9.40. The van der Waals surface area contributed by atoms with Crippen molar-refractivity contribution < 1.29 is 9.90 Å². The predicted molar refractivity (Wildman–Crippen MR) is 77.5 cm³/mol. The summed E-state index contributed by atoms with van der Waals surface area (Å²) in [5, 5.41) is 9.08. The zero-order valence-corrected chi connectivity index (χ0v) is 12.1. The highest BCUT2D eigenvalue weighted by Crippen LogP contribution is 2.20. The van der Waals surface area contributed by atoms with E-state index < -0.39 is 5.97 Å². The van der Waals surface area contributed by atoms with Gasteiger partial charge in [-0.05, 0) is 51.7 Å². The average Bonchev–Trinajstić information content (AvgIpc) is 2.41. The van der Waals surface area contributed by atoms with Gasteiger partial charge in [-0.15, -0.1) is 0 Å². The second kappa shape index (κ2) is 5.97. The van der Waals surface area contributed by atoms with E-state index in [4.69, 9.17) is 5.11 Å². The third-order valence-electron chi connectivity index (χ3n) is 2.94. The maximum atomic E-state index is 11.1. The molecule has 98 valence electrons. The summed E-state index contributed by atoms with van der Waals surface area (Å²) in [6.45, 7) is 2.09. The minimum atomic E-state index is -0.928. The highest BCUT2D eigenvalue weighted by molar-refractivity contribution is 9.10. The van der Waals surface area contributed by atoms with Gasteiger partial charge in [0.05, 0.1) is 5.56 Å². The lowest BCUT2D eigenvalue weighted by Crippen LogP contribution is -2.00. The second-order valence-corrected chi connectivity index (χ2v) is 5.16. The van der Waals surface area contributed by atoms with E-state index in [1.165, 1.54) is 5.56 Å². The Morgan fingerprint density at radius 1 is 1.26 bits per heavy atom. The fraction of sp³-hybridized carbons (Fsp3) is 0.200. The van der Waals surface area contributed by atoms with Crippen molar-refractivity contribution in [3.05, 3.63) is 63.4 Å². The molecular formula is C15H14BrNO2. The van der Waals surface area contributed by atoms with Gasteiger partial charge in [-0.2, -0.15) is 0 Å². The largest absolute Gasteiger partial charge is 0.478 e. The maximum Gasteiger partial charge on any atom is 0.336 e. The first-order chi connectivity index (χ1) is 9.10. The van der Waals surface area contributed by atoms with Gasteiger partial charge in [-0.25, -0.2) is 4.79 Å². The number of benzene rings is 1. The molecule has 0 spiro atoms. The van der Waals surface area contributed by atoms with E-state index >= 15 is 0 Å². The number of aromatic carboxylic acids is 1. The Balaban J connectivity index is 2.22. The molecule has 0 saturated carbocycles. The number of pyridine rings is 1. The summed E-state index contributed by atoms with van der Waals surface area (Å²) in [5.41, 5.74) is 3.36. The fourth-order valence-electron chi connectivity index (χ4n) is 1.82. The third-order valence-corrected chi connectivity index (χ3v) is 3.63. The first kappa shape index (κ1) is 13.7. The van der Waals surface area contributed by atoms with E-state index in [0.717, 1.165) is 17.7 Å². The minimum absolute atomic E-state index is 0.280. The lowest BCUT2D eigenvalue weighted by atomic mass is 10.1. The van der Waals surface area contributed by atoms with Crippen LogP contribution in [0.3, 0.4) is 0 Å².